The number of rotatable bonds is 6. The lowest BCUT2D eigenvalue weighted by molar-refractivity contribution is -0.120. The van der Waals surface area contributed by atoms with Gasteiger partial charge in [0.1, 0.15) is 0 Å². The molecule has 2 N–H and O–H groups in total. The summed E-state index contributed by atoms with van der Waals surface area (Å²) in [4.78, 5) is 23.6. The summed E-state index contributed by atoms with van der Waals surface area (Å²) in [7, 11) is 0. The van der Waals surface area contributed by atoms with Crippen LogP contribution >= 0.6 is 23.2 Å². The van der Waals surface area contributed by atoms with Crippen molar-refractivity contribution in [2.24, 2.45) is 5.10 Å². The molecular weight excluding hydrogens is 361 g/mol. The molecule has 0 aliphatic heterocycles. The fourth-order valence-electron chi connectivity index (χ4n) is 1.84. The van der Waals surface area contributed by atoms with Crippen LogP contribution in [-0.2, 0) is 4.79 Å². The highest BCUT2D eigenvalue weighted by Gasteiger charge is 2.11. The summed E-state index contributed by atoms with van der Waals surface area (Å²) in [5.41, 5.74) is 3.57. The molecule has 128 valence electrons. The summed E-state index contributed by atoms with van der Waals surface area (Å²) in [6.07, 6.45) is 4.99. The lowest BCUT2D eigenvalue weighted by atomic mass is 10.2. The molecule has 0 saturated heterocycles. The van der Waals surface area contributed by atoms with Gasteiger partial charge in [0, 0.05) is 11.2 Å². The maximum Gasteiger partial charge on any atom is 0.259 e. The van der Waals surface area contributed by atoms with Gasteiger partial charge in [-0.15, -0.1) is 0 Å². The van der Waals surface area contributed by atoms with E-state index in [0.29, 0.717) is 5.02 Å². The molecule has 0 aliphatic carbocycles. The van der Waals surface area contributed by atoms with Crippen molar-refractivity contribution in [1.82, 2.24) is 10.7 Å². The standard InChI is InChI=1S/C18H15Cl2N3O2/c19-14-8-9-15(16(20)11-14)18(25)21-12-17(24)23-22-10-4-7-13-5-2-1-3-6-13/h1-11H,12H2,(H,21,25)(H,23,24)/b7-4+,22-10-. The first-order chi connectivity index (χ1) is 12.1. The van der Waals surface area contributed by atoms with E-state index in [1.54, 1.807) is 12.1 Å². The molecule has 0 spiro atoms. The molecular formula is C18H15Cl2N3O2. The van der Waals surface area contributed by atoms with Crippen LogP contribution in [0.15, 0.2) is 59.7 Å². The van der Waals surface area contributed by atoms with Gasteiger partial charge < -0.3 is 5.32 Å². The predicted octanol–water partition coefficient (Wildman–Crippen LogP) is 3.54. The van der Waals surface area contributed by atoms with E-state index in [2.05, 4.69) is 15.8 Å². The summed E-state index contributed by atoms with van der Waals surface area (Å²) in [5.74, 6) is -0.924. The molecule has 2 amide bonds. The summed E-state index contributed by atoms with van der Waals surface area (Å²) in [6.45, 7) is -0.225. The van der Waals surface area contributed by atoms with Gasteiger partial charge in [-0.2, -0.15) is 5.10 Å². The third-order valence-electron chi connectivity index (χ3n) is 3.02. The van der Waals surface area contributed by atoms with Gasteiger partial charge in [-0.05, 0) is 29.8 Å². The van der Waals surface area contributed by atoms with Crippen LogP contribution in [0.2, 0.25) is 10.0 Å². The van der Waals surface area contributed by atoms with Crippen LogP contribution in [0.4, 0.5) is 0 Å². The number of carbonyl (C=O) groups is 2. The maximum atomic E-state index is 11.9. The van der Waals surface area contributed by atoms with E-state index in [9.17, 15) is 9.59 Å². The van der Waals surface area contributed by atoms with E-state index < -0.39 is 11.8 Å². The average Bonchev–Trinajstić information content (AvgIpc) is 2.60. The van der Waals surface area contributed by atoms with Crippen molar-refractivity contribution in [2.45, 2.75) is 0 Å². The van der Waals surface area contributed by atoms with Crippen molar-refractivity contribution in [2.75, 3.05) is 6.54 Å². The summed E-state index contributed by atoms with van der Waals surface area (Å²) >= 11 is 11.7. The Morgan fingerprint density at radius 1 is 1.08 bits per heavy atom. The zero-order valence-corrected chi connectivity index (χ0v) is 14.6. The van der Waals surface area contributed by atoms with Crippen molar-refractivity contribution in [1.29, 1.82) is 0 Å². The Hall–Kier alpha value is -2.63. The highest BCUT2D eigenvalue weighted by molar-refractivity contribution is 6.36. The molecule has 0 aromatic heterocycles. The van der Waals surface area contributed by atoms with E-state index >= 15 is 0 Å². The molecule has 0 bridgehead atoms. The Kier molecular flexibility index (Phi) is 7.19. The van der Waals surface area contributed by atoms with Gasteiger partial charge in [0.15, 0.2) is 0 Å². The Morgan fingerprint density at radius 2 is 1.84 bits per heavy atom. The molecule has 25 heavy (non-hydrogen) atoms. The highest BCUT2D eigenvalue weighted by atomic mass is 35.5. The van der Waals surface area contributed by atoms with Crippen LogP contribution < -0.4 is 10.7 Å². The Balaban J connectivity index is 1.76. The number of carbonyl (C=O) groups excluding carboxylic acids is 2. The Morgan fingerprint density at radius 3 is 2.56 bits per heavy atom. The summed E-state index contributed by atoms with van der Waals surface area (Å²) in [5, 5.41) is 6.86. The van der Waals surface area contributed by atoms with Crippen LogP contribution in [0.1, 0.15) is 15.9 Å². The van der Waals surface area contributed by atoms with E-state index in [0.717, 1.165) is 5.56 Å². The van der Waals surface area contributed by atoms with Crippen molar-refractivity contribution < 1.29 is 9.59 Å². The molecule has 2 rings (SSSR count). The first-order valence-electron chi connectivity index (χ1n) is 7.33. The van der Waals surface area contributed by atoms with Gasteiger partial charge in [0.05, 0.1) is 17.1 Å². The van der Waals surface area contributed by atoms with E-state index in [4.69, 9.17) is 23.2 Å². The summed E-state index contributed by atoms with van der Waals surface area (Å²) < 4.78 is 0. The number of nitrogens with zero attached hydrogens (tertiary/aromatic N) is 1. The number of amides is 2. The van der Waals surface area contributed by atoms with E-state index in [-0.39, 0.29) is 17.1 Å². The quantitative estimate of drug-likeness (QED) is 0.598. The molecule has 2 aromatic carbocycles. The second kappa shape index (κ2) is 9.61. The van der Waals surface area contributed by atoms with Gasteiger partial charge in [-0.3, -0.25) is 9.59 Å². The molecule has 7 heteroatoms. The third kappa shape index (κ3) is 6.41. The predicted molar refractivity (Wildman–Crippen MR) is 101 cm³/mol. The Bertz CT molecular complexity index is 805. The third-order valence-corrected chi connectivity index (χ3v) is 3.57. The zero-order chi connectivity index (χ0) is 18.1. The lowest BCUT2D eigenvalue weighted by Gasteiger charge is -2.06. The van der Waals surface area contributed by atoms with Crippen molar-refractivity contribution in [3.63, 3.8) is 0 Å². The van der Waals surface area contributed by atoms with Crippen LogP contribution in [-0.4, -0.2) is 24.6 Å². The fourth-order valence-corrected chi connectivity index (χ4v) is 2.33. The molecule has 0 heterocycles. The number of halogens is 2. The minimum atomic E-state index is -0.468. The average molecular weight is 376 g/mol. The molecule has 0 unspecified atom stereocenters. The minimum Gasteiger partial charge on any atom is -0.343 e. The number of allylic oxidation sites excluding steroid dienone is 1. The lowest BCUT2D eigenvalue weighted by Crippen LogP contribution is -2.35. The van der Waals surface area contributed by atoms with E-state index in [1.807, 2.05) is 36.4 Å². The van der Waals surface area contributed by atoms with Gasteiger partial charge in [0.25, 0.3) is 11.8 Å². The number of hydrogen-bond donors (Lipinski definition) is 2. The molecule has 2 aromatic rings. The molecule has 0 atom stereocenters. The molecule has 0 fully saturated rings. The maximum absolute atomic E-state index is 11.9. The largest absolute Gasteiger partial charge is 0.343 e. The number of benzene rings is 2. The second-order valence-electron chi connectivity index (χ2n) is 4.89. The van der Waals surface area contributed by atoms with Gasteiger partial charge >= 0.3 is 0 Å². The first kappa shape index (κ1) is 18.7. The minimum absolute atomic E-state index is 0.217. The van der Waals surface area contributed by atoms with Crippen molar-refractivity contribution in [3.8, 4) is 0 Å². The van der Waals surface area contributed by atoms with Gasteiger partial charge in [0.2, 0.25) is 0 Å². The molecule has 5 nitrogen and oxygen atoms in total. The summed E-state index contributed by atoms with van der Waals surface area (Å²) in [6, 6.07) is 14.2. The van der Waals surface area contributed by atoms with Gasteiger partial charge in [-0.25, -0.2) is 5.43 Å². The van der Waals surface area contributed by atoms with Crippen molar-refractivity contribution >= 4 is 47.3 Å². The SMILES string of the molecule is O=C(CNC(=O)c1ccc(Cl)cc1Cl)N/N=C\C=C\c1ccccc1. The first-order valence-corrected chi connectivity index (χ1v) is 8.09. The van der Waals surface area contributed by atoms with Gasteiger partial charge in [-0.1, -0.05) is 59.6 Å². The topological polar surface area (TPSA) is 70.6 Å². The zero-order valence-electron chi connectivity index (χ0n) is 13.1. The van der Waals surface area contributed by atoms with E-state index in [1.165, 1.54) is 18.3 Å². The second-order valence-corrected chi connectivity index (χ2v) is 5.73. The molecule has 0 aliphatic rings. The highest BCUT2D eigenvalue weighted by Crippen LogP contribution is 2.20. The van der Waals surface area contributed by atoms with Crippen LogP contribution in [0, 0.1) is 0 Å². The molecule has 0 saturated carbocycles. The fraction of sp³-hybridized carbons (Fsp3) is 0.0556. The smallest absolute Gasteiger partial charge is 0.259 e. The number of nitrogens with one attached hydrogen (secondary N) is 2. The Labute approximate surface area is 155 Å². The van der Waals surface area contributed by atoms with Crippen LogP contribution in [0.3, 0.4) is 0 Å². The molecule has 0 radical (unpaired) electrons. The monoisotopic (exact) mass is 375 g/mol. The number of hydrogen-bond acceptors (Lipinski definition) is 3. The normalized spacial score (nSPS) is 11.0. The van der Waals surface area contributed by atoms with Crippen molar-refractivity contribution in [3.05, 3.63) is 75.8 Å². The number of hydrazone groups is 1. The van der Waals surface area contributed by atoms with Crippen LogP contribution in [0.5, 0.6) is 0 Å². The van der Waals surface area contributed by atoms with Crippen LogP contribution in [0.25, 0.3) is 6.08 Å².